The molecule has 1 amide bonds. The van der Waals surface area contributed by atoms with E-state index < -0.39 is 11.8 Å². The third kappa shape index (κ3) is 3.96. The van der Waals surface area contributed by atoms with Crippen molar-refractivity contribution in [3.8, 4) is 0 Å². The van der Waals surface area contributed by atoms with Crippen LogP contribution in [-0.4, -0.2) is 18.0 Å². The Morgan fingerprint density at radius 1 is 1.27 bits per heavy atom. The fraction of sp³-hybridized carbons (Fsp3) is 0.400. The quantitative estimate of drug-likeness (QED) is 0.779. The number of ether oxygens (including phenoxy) is 1. The van der Waals surface area contributed by atoms with Gasteiger partial charge in [0, 0.05) is 10.4 Å². The van der Waals surface area contributed by atoms with Gasteiger partial charge in [0.1, 0.15) is 10.8 Å². The summed E-state index contributed by atoms with van der Waals surface area (Å²) in [6.07, 6.45) is 2.48. The molecule has 0 saturated carbocycles. The summed E-state index contributed by atoms with van der Waals surface area (Å²) < 4.78 is 18.5. The Morgan fingerprint density at radius 2 is 1.96 bits per heavy atom. The van der Waals surface area contributed by atoms with E-state index in [0.29, 0.717) is 22.0 Å². The van der Waals surface area contributed by atoms with Gasteiger partial charge in [-0.15, -0.1) is 11.3 Å². The van der Waals surface area contributed by atoms with Crippen molar-refractivity contribution < 1.29 is 18.7 Å². The Morgan fingerprint density at radius 3 is 2.62 bits per heavy atom. The molecule has 0 unspecified atom stereocenters. The number of carbonyl (C=O) groups is 2. The Bertz CT molecular complexity index is 826. The van der Waals surface area contributed by atoms with Crippen LogP contribution in [0.5, 0.6) is 0 Å². The second-order valence-corrected chi connectivity index (χ2v) is 8.08. The lowest BCUT2D eigenvalue weighted by Crippen LogP contribution is -2.18. The third-order valence-electron chi connectivity index (χ3n) is 4.39. The molecule has 0 fully saturated rings. The van der Waals surface area contributed by atoms with E-state index in [-0.39, 0.29) is 12.0 Å². The van der Waals surface area contributed by atoms with Crippen LogP contribution >= 0.6 is 11.3 Å². The van der Waals surface area contributed by atoms with E-state index in [0.717, 1.165) is 29.7 Å². The molecule has 0 bridgehead atoms. The number of nitrogens with one attached hydrogen (secondary N) is 1. The van der Waals surface area contributed by atoms with Gasteiger partial charge in [0.05, 0.1) is 11.7 Å². The maximum atomic E-state index is 13.1. The van der Waals surface area contributed by atoms with Gasteiger partial charge in [-0.1, -0.05) is 6.92 Å². The maximum absolute atomic E-state index is 13.1. The van der Waals surface area contributed by atoms with E-state index in [1.807, 2.05) is 0 Å². The van der Waals surface area contributed by atoms with Gasteiger partial charge in [0.25, 0.3) is 5.91 Å². The van der Waals surface area contributed by atoms with Crippen molar-refractivity contribution in [2.75, 3.05) is 5.32 Å². The molecule has 138 valence electrons. The largest absolute Gasteiger partial charge is 0.459 e. The molecule has 0 spiro atoms. The van der Waals surface area contributed by atoms with Crippen molar-refractivity contribution in [1.82, 2.24) is 0 Å². The number of benzene rings is 1. The number of esters is 1. The van der Waals surface area contributed by atoms with Crippen LogP contribution in [0.4, 0.5) is 9.39 Å². The molecule has 2 aromatic rings. The number of rotatable bonds is 4. The first-order valence-corrected chi connectivity index (χ1v) is 9.59. The minimum Gasteiger partial charge on any atom is -0.459 e. The predicted octanol–water partition coefficient (Wildman–Crippen LogP) is 4.83. The topological polar surface area (TPSA) is 55.4 Å². The molecular formula is C20H22FNO3S. The van der Waals surface area contributed by atoms with Crippen molar-refractivity contribution in [3.05, 3.63) is 51.7 Å². The summed E-state index contributed by atoms with van der Waals surface area (Å²) in [5, 5.41) is 3.35. The zero-order valence-corrected chi connectivity index (χ0v) is 15.9. The van der Waals surface area contributed by atoms with Crippen LogP contribution in [0.2, 0.25) is 0 Å². The number of amides is 1. The highest BCUT2D eigenvalue weighted by Crippen LogP contribution is 2.40. The molecule has 0 aliphatic heterocycles. The molecule has 1 heterocycles. The Kier molecular flexibility index (Phi) is 5.41. The number of carbonyl (C=O) groups excluding carboxylic acids is 2. The van der Waals surface area contributed by atoms with Gasteiger partial charge in [-0.05, 0) is 68.9 Å². The van der Waals surface area contributed by atoms with Crippen molar-refractivity contribution in [2.45, 2.75) is 46.1 Å². The molecule has 0 saturated heterocycles. The summed E-state index contributed by atoms with van der Waals surface area (Å²) in [4.78, 5) is 26.3. The van der Waals surface area contributed by atoms with E-state index >= 15 is 0 Å². The lowest BCUT2D eigenvalue weighted by atomic mass is 9.88. The van der Waals surface area contributed by atoms with Crippen molar-refractivity contribution >= 4 is 28.2 Å². The molecule has 1 aromatic carbocycles. The number of halogens is 1. The maximum Gasteiger partial charge on any atom is 0.341 e. The molecule has 4 nitrogen and oxygen atoms in total. The second kappa shape index (κ2) is 7.58. The zero-order valence-electron chi connectivity index (χ0n) is 15.1. The molecule has 1 aliphatic rings. The summed E-state index contributed by atoms with van der Waals surface area (Å²) in [5.41, 5.74) is 1.81. The average Bonchev–Trinajstić information content (AvgIpc) is 2.91. The van der Waals surface area contributed by atoms with E-state index in [1.54, 1.807) is 13.8 Å². The minimum atomic E-state index is -0.401. The average molecular weight is 375 g/mol. The lowest BCUT2D eigenvalue weighted by Gasteiger charge is -2.18. The van der Waals surface area contributed by atoms with Crippen LogP contribution in [0.1, 0.15) is 58.3 Å². The van der Waals surface area contributed by atoms with Gasteiger partial charge in [0.15, 0.2) is 0 Å². The van der Waals surface area contributed by atoms with Crippen LogP contribution in [0, 0.1) is 11.7 Å². The molecule has 1 atom stereocenters. The highest BCUT2D eigenvalue weighted by Gasteiger charge is 2.29. The Balaban J connectivity index is 1.93. The SMILES string of the molecule is CC(C)OC(=O)c1c(NC(=O)c2ccc(F)cc2)sc2c1CC[C@H](C)C2. The highest BCUT2D eigenvalue weighted by molar-refractivity contribution is 7.17. The third-order valence-corrected chi connectivity index (χ3v) is 5.56. The van der Waals surface area contributed by atoms with Crippen molar-refractivity contribution in [1.29, 1.82) is 0 Å². The van der Waals surface area contributed by atoms with E-state index in [2.05, 4.69) is 12.2 Å². The van der Waals surface area contributed by atoms with E-state index in [9.17, 15) is 14.0 Å². The van der Waals surface area contributed by atoms with Gasteiger partial charge in [-0.25, -0.2) is 9.18 Å². The normalized spacial score (nSPS) is 16.3. The Labute approximate surface area is 156 Å². The first-order chi connectivity index (χ1) is 12.3. The monoisotopic (exact) mass is 375 g/mol. The molecular weight excluding hydrogens is 353 g/mol. The lowest BCUT2D eigenvalue weighted by molar-refractivity contribution is 0.0378. The van der Waals surface area contributed by atoms with E-state index in [1.165, 1.54) is 35.6 Å². The van der Waals surface area contributed by atoms with Crippen LogP contribution in [0.15, 0.2) is 24.3 Å². The van der Waals surface area contributed by atoms with Crippen molar-refractivity contribution in [3.63, 3.8) is 0 Å². The van der Waals surface area contributed by atoms with Gasteiger partial charge in [-0.3, -0.25) is 4.79 Å². The standard InChI is InChI=1S/C20H22FNO3S/c1-11(2)25-20(24)17-15-9-4-12(3)10-16(15)26-19(17)22-18(23)13-5-7-14(21)8-6-13/h5-8,11-12H,4,9-10H2,1-3H3,(H,22,23)/t12-/m0/s1. The second-order valence-electron chi connectivity index (χ2n) is 6.97. The van der Waals surface area contributed by atoms with Gasteiger partial charge >= 0.3 is 5.97 Å². The van der Waals surface area contributed by atoms with Crippen LogP contribution in [0.25, 0.3) is 0 Å². The summed E-state index contributed by atoms with van der Waals surface area (Å²) in [7, 11) is 0. The van der Waals surface area contributed by atoms with Gasteiger partial charge in [0.2, 0.25) is 0 Å². The molecule has 3 rings (SSSR count). The number of hydrogen-bond acceptors (Lipinski definition) is 4. The fourth-order valence-electron chi connectivity index (χ4n) is 3.10. The van der Waals surface area contributed by atoms with Crippen LogP contribution < -0.4 is 5.32 Å². The number of hydrogen-bond donors (Lipinski definition) is 1. The van der Waals surface area contributed by atoms with Crippen LogP contribution in [0.3, 0.4) is 0 Å². The summed E-state index contributed by atoms with van der Waals surface area (Å²) in [6, 6.07) is 5.33. The molecule has 26 heavy (non-hydrogen) atoms. The predicted molar refractivity (Wildman–Crippen MR) is 100 cm³/mol. The van der Waals surface area contributed by atoms with Crippen molar-refractivity contribution in [2.24, 2.45) is 5.92 Å². The first-order valence-electron chi connectivity index (χ1n) is 8.77. The summed E-state index contributed by atoms with van der Waals surface area (Å²) in [6.45, 7) is 5.79. The molecule has 6 heteroatoms. The smallest absolute Gasteiger partial charge is 0.341 e. The van der Waals surface area contributed by atoms with Gasteiger partial charge < -0.3 is 10.1 Å². The molecule has 1 aromatic heterocycles. The molecule has 0 radical (unpaired) electrons. The number of fused-ring (bicyclic) bond motifs is 1. The fourth-order valence-corrected chi connectivity index (χ4v) is 4.50. The van der Waals surface area contributed by atoms with E-state index in [4.69, 9.17) is 4.74 Å². The first kappa shape index (κ1) is 18.6. The number of anilines is 1. The number of thiophene rings is 1. The van der Waals surface area contributed by atoms with Gasteiger partial charge in [-0.2, -0.15) is 0 Å². The molecule has 1 N–H and O–H groups in total. The van der Waals surface area contributed by atoms with Crippen LogP contribution in [-0.2, 0) is 17.6 Å². The highest BCUT2D eigenvalue weighted by atomic mass is 32.1. The molecule has 1 aliphatic carbocycles. The summed E-state index contributed by atoms with van der Waals surface area (Å²) >= 11 is 1.44. The summed E-state index contributed by atoms with van der Waals surface area (Å²) in [5.74, 6) is -0.615. The Hall–Kier alpha value is -2.21. The minimum absolute atomic E-state index is 0.235. The zero-order chi connectivity index (χ0) is 18.8.